The predicted molar refractivity (Wildman–Crippen MR) is 101 cm³/mol. The monoisotopic (exact) mass is 369 g/mol. The van der Waals surface area contributed by atoms with Crippen molar-refractivity contribution in [1.82, 2.24) is 5.32 Å². The number of fused-ring (bicyclic) bond motifs is 1. The lowest BCUT2D eigenvalue weighted by atomic mass is 10.3. The van der Waals surface area contributed by atoms with Gasteiger partial charge in [0.1, 0.15) is 0 Å². The molecule has 0 aliphatic carbocycles. The fourth-order valence-corrected chi connectivity index (χ4v) is 3.15. The van der Waals surface area contributed by atoms with Gasteiger partial charge in [-0.15, -0.1) is 0 Å². The quantitative estimate of drug-likeness (QED) is 0.624. The summed E-state index contributed by atoms with van der Waals surface area (Å²) in [5.74, 6) is 1.95. The number of anilines is 1. The van der Waals surface area contributed by atoms with Gasteiger partial charge in [0, 0.05) is 31.8 Å². The Bertz CT molecular complexity index is 724. The van der Waals surface area contributed by atoms with Crippen LogP contribution in [0.4, 0.5) is 5.69 Å². The zero-order valence-electron chi connectivity index (χ0n) is 15.3. The molecule has 0 unspecified atom stereocenters. The van der Waals surface area contributed by atoms with Gasteiger partial charge in [0.05, 0.1) is 23.7 Å². The fraction of sp³-hybridized carbons (Fsp3) is 0.588. The van der Waals surface area contributed by atoms with Gasteiger partial charge in [-0.2, -0.15) is 0 Å². The summed E-state index contributed by atoms with van der Waals surface area (Å²) in [7, 11) is -1.54. The summed E-state index contributed by atoms with van der Waals surface area (Å²) in [6.45, 7) is 6.65. The normalized spacial score (nSPS) is 15.4. The van der Waals surface area contributed by atoms with Gasteiger partial charge in [-0.3, -0.25) is 4.99 Å². The van der Waals surface area contributed by atoms with E-state index in [1.165, 1.54) is 0 Å². The molecule has 2 rings (SSSR count). The van der Waals surface area contributed by atoms with Crippen molar-refractivity contribution in [2.24, 2.45) is 4.99 Å². The van der Waals surface area contributed by atoms with E-state index in [0.717, 1.165) is 17.9 Å². The summed E-state index contributed by atoms with van der Waals surface area (Å²) >= 11 is 0. The first kappa shape index (κ1) is 19.4. The maximum absolute atomic E-state index is 12.1. The summed E-state index contributed by atoms with van der Waals surface area (Å²) < 4.78 is 34.8. The van der Waals surface area contributed by atoms with Gasteiger partial charge >= 0.3 is 0 Å². The lowest BCUT2D eigenvalue weighted by Crippen LogP contribution is -2.38. The van der Waals surface area contributed by atoms with Crippen molar-refractivity contribution in [3.63, 3.8) is 0 Å². The second-order valence-electron chi connectivity index (χ2n) is 6.77. The average molecular weight is 369 g/mol. The SMILES string of the molecule is CN=C(NCCS(=O)(=O)C(C)(C)C)Nc1ccc2c(c1)OCCCO2. The third-order valence-corrected chi connectivity index (χ3v) is 6.44. The molecule has 0 spiro atoms. The summed E-state index contributed by atoms with van der Waals surface area (Å²) in [5.41, 5.74) is 0.788. The fourth-order valence-electron chi connectivity index (χ4n) is 2.17. The van der Waals surface area contributed by atoms with Crippen LogP contribution >= 0.6 is 0 Å². The van der Waals surface area contributed by atoms with E-state index < -0.39 is 14.6 Å². The first-order valence-corrected chi connectivity index (χ1v) is 9.98. The molecule has 0 saturated heterocycles. The van der Waals surface area contributed by atoms with Crippen LogP contribution in [0.15, 0.2) is 23.2 Å². The van der Waals surface area contributed by atoms with Crippen molar-refractivity contribution in [2.75, 3.05) is 37.9 Å². The van der Waals surface area contributed by atoms with Gasteiger partial charge in [0.2, 0.25) is 0 Å². The van der Waals surface area contributed by atoms with Crippen LogP contribution in [0.25, 0.3) is 0 Å². The standard InChI is InChI=1S/C17H27N3O4S/c1-17(2,3)25(21,22)11-8-19-16(18-4)20-13-6-7-14-15(12-13)24-10-5-9-23-14/h6-7,12H,5,8-11H2,1-4H3,(H2,18,19,20). The third kappa shape index (κ3) is 5.26. The summed E-state index contributed by atoms with van der Waals surface area (Å²) in [6.07, 6.45) is 0.850. The van der Waals surface area contributed by atoms with E-state index in [9.17, 15) is 8.42 Å². The van der Waals surface area contributed by atoms with E-state index >= 15 is 0 Å². The lowest BCUT2D eigenvalue weighted by molar-refractivity contribution is 0.297. The van der Waals surface area contributed by atoms with E-state index in [1.54, 1.807) is 27.8 Å². The van der Waals surface area contributed by atoms with Gasteiger partial charge < -0.3 is 20.1 Å². The van der Waals surface area contributed by atoms with E-state index in [0.29, 0.717) is 24.9 Å². The van der Waals surface area contributed by atoms with Gasteiger partial charge in [0.15, 0.2) is 27.3 Å². The van der Waals surface area contributed by atoms with Crippen LogP contribution in [0, 0.1) is 0 Å². The molecule has 0 amide bonds. The molecule has 0 atom stereocenters. The number of hydrogen-bond acceptors (Lipinski definition) is 5. The first-order valence-electron chi connectivity index (χ1n) is 8.32. The topological polar surface area (TPSA) is 89.0 Å². The summed E-state index contributed by atoms with van der Waals surface area (Å²) in [4.78, 5) is 4.12. The Kier molecular flexibility index (Phi) is 6.16. The highest BCUT2D eigenvalue weighted by atomic mass is 32.2. The van der Waals surface area contributed by atoms with Crippen LogP contribution in [-0.2, 0) is 9.84 Å². The Morgan fingerprint density at radius 2 is 1.88 bits per heavy atom. The Morgan fingerprint density at radius 3 is 2.52 bits per heavy atom. The Hall–Kier alpha value is -1.96. The van der Waals surface area contributed by atoms with Crippen LogP contribution < -0.4 is 20.1 Å². The molecule has 7 nitrogen and oxygen atoms in total. The van der Waals surface area contributed by atoms with Gasteiger partial charge in [0.25, 0.3) is 0 Å². The van der Waals surface area contributed by atoms with E-state index in [2.05, 4.69) is 15.6 Å². The molecule has 1 aromatic rings. The number of hydrogen-bond donors (Lipinski definition) is 2. The Labute approximate surface area is 149 Å². The minimum Gasteiger partial charge on any atom is -0.490 e. The molecule has 2 N–H and O–H groups in total. The molecule has 0 saturated carbocycles. The second kappa shape index (κ2) is 7.95. The maximum atomic E-state index is 12.1. The highest BCUT2D eigenvalue weighted by molar-refractivity contribution is 7.92. The van der Waals surface area contributed by atoms with E-state index in [1.807, 2.05) is 18.2 Å². The largest absolute Gasteiger partial charge is 0.490 e. The van der Waals surface area contributed by atoms with Crippen molar-refractivity contribution in [1.29, 1.82) is 0 Å². The van der Waals surface area contributed by atoms with E-state index in [-0.39, 0.29) is 12.3 Å². The smallest absolute Gasteiger partial charge is 0.195 e. The molecule has 0 fully saturated rings. The molecule has 25 heavy (non-hydrogen) atoms. The number of ether oxygens (including phenoxy) is 2. The molecule has 1 aromatic carbocycles. The minimum atomic E-state index is -3.17. The van der Waals surface area contributed by atoms with Crippen molar-refractivity contribution >= 4 is 21.5 Å². The van der Waals surface area contributed by atoms with Crippen molar-refractivity contribution in [2.45, 2.75) is 31.9 Å². The summed E-state index contributed by atoms with van der Waals surface area (Å²) in [6, 6.07) is 5.56. The van der Waals surface area contributed by atoms with Crippen LogP contribution in [0.3, 0.4) is 0 Å². The lowest BCUT2D eigenvalue weighted by Gasteiger charge is -2.20. The van der Waals surface area contributed by atoms with Crippen molar-refractivity contribution in [3.8, 4) is 11.5 Å². The van der Waals surface area contributed by atoms with Gasteiger partial charge in [-0.1, -0.05) is 0 Å². The summed E-state index contributed by atoms with van der Waals surface area (Å²) in [5, 5.41) is 6.16. The van der Waals surface area contributed by atoms with Crippen LogP contribution in [0.1, 0.15) is 27.2 Å². The number of benzene rings is 1. The van der Waals surface area contributed by atoms with Crippen LogP contribution in [0.2, 0.25) is 0 Å². The molecule has 8 heteroatoms. The molecule has 1 aliphatic heterocycles. The molecule has 0 radical (unpaired) electrons. The molecular weight excluding hydrogens is 342 g/mol. The number of rotatable bonds is 4. The van der Waals surface area contributed by atoms with E-state index in [4.69, 9.17) is 9.47 Å². The maximum Gasteiger partial charge on any atom is 0.195 e. The number of nitrogens with one attached hydrogen (secondary N) is 2. The third-order valence-electron chi connectivity index (χ3n) is 3.83. The number of nitrogens with zero attached hydrogens (tertiary/aromatic N) is 1. The molecule has 0 aromatic heterocycles. The van der Waals surface area contributed by atoms with Crippen molar-refractivity contribution in [3.05, 3.63) is 18.2 Å². The van der Waals surface area contributed by atoms with Crippen molar-refractivity contribution < 1.29 is 17.9 Å². The molecule has 1 aliphatic rings. The van der Waals surface area contributed by atoms with Gasteiger partial charge in [-0.05, 0) is 32.9 Å². The highest BCUT2D eigenvalue weighted by Gasteiger charge is 2.28. The predicted octanol–water partition coefficient (Wildman–Crippen LogP) is 2.05. The Morgan fingerprint density at radius 1 is 1.20 bits per heavy atom. The number of sulfone groups is 1. The minimum absolute atomic E-state index is 0.0400. The van der Waals surface area contributed by atoms with Crippen LogP contribution in [-0.4, -0.2) is 51.7 Å². The second-order valence-corrected chi connectivity index (χ2v) is 9.63. The first-order chi connectivity index (χ1) is 11.7. The number of guanidine groups is 1. The number of aliphatic imine (C=N–C) groups is 1. The highest BCUT2D eigenvalue weighted by Crippen LogP contribution is 2.32. The van der Waals surface area contributed by atoms with Gasteiger partial charge in [-0.25, -0.2) is 8.42 Å². The molecule has 1 heterocycles. The molecule has 0 bridgehead atoms. The average Bonchev–Trinajstić information content (AvgIpc) is 2.77. The molecule has 140 valence electrons. The zero-order chi connectivity index (χ0) is 18.5. The molecular formula is C17H27N3O4S. The van der Waals surface area contributed by atoms with Crippen LogP contribution in [0.5, 0.6) is 11.5 Å². The zero-order valence-corrected chi connectivity index (χ0v) is 16.1. The Balaban J connectivity index is 1.95.